The van der Waals surface area contributed by atoms with Crippen LogP contribution in [0.3, 0.4) is 0 Å². The van der Waals surface area contributed by atoms with Gasteiger partial charge in [0, 0.05) is 18.8 Å². The highest BCUT2D eigenvalue weighted by Gasteiger charge is 2.38. The van der Waals surface area contributed by atoms with Gasteiger partial charge in [-0.3, -0.25) is 10.00 Å². The molecule has 1 fully saturated rings. The zero-order chi connectivity index (χ0) is 16.5. The number of aromatic nitrogens is 2. The highest BCUT2D eigenvalue weighted by molar-refractivity contribution is 5.90. The lowest BCUT2D eigenvalue weighted by Crippen LogP contribution is -2.49. The van der Waals surface area contributed by atoms with Gasteiger partial charge in [0.25, 0.3) is 0 Å². The summed E-state index contributed by atoms with van der Waals surface area (Å²) in [6, 6.07) is 1.59. The second-order valence-electron chi connectivity index (χ2n) is 6.51. The van der Waals surface area contributed by atoms with Crippen LogP contribution in [0.4, 0.5) is 10.6 Å². The third kappa shape index (κ3) is 3.22. The largest absolute Gasteiger partial charge is 0.388 e. The van der Waals surface area contributed by atoms with Gasteiger partial charge in [-0.25, -0.2) is 4.79 Å². The van der Waals surface area contributed by atoms with E-state index in [1.54, 1.807) is 29.6 Å². The van der Waals surface area contributed by atoms with Crippen LogP contribution in [-0.2, 0) is 0 Å². The minimum Gasteiger partial charge on any atom is -0.388 e. The van der Waals surface area contributed by atoms with Crippen LogP contribution in [0.1, 0.15) is 52.1 Å². The van der Waals surface area contributed by atoms with Crippen LogP contribution in [0.2, 0.25) is 0 Å². The van der Waals surface area contributed by atoms with Crippen molar-refractivity contribution in [2.75, 3.05) is 11.9 Å². The molecule has 0 spiro atoms. The summed E-state index contributed by atoms with van der Waals surface area (Å²) in [4.78, 5) is 14.1. The molecule has 22 heavy (non-hydrogen) atoms. The summed E-state index contributed by atoms with van der Waals surface area (Å²) in [6.45, 7) is 7.90. The Balaban J connectivity index is 2.17. The summed E-state index contributed by atoms with van der Waals surface area (Å²) < 4.78 is 1.64. The van der Waals surface area contributed by atoms with Crippen molar-refractivity contribution in [3.05, 3.63) is 11.8 Å². The van der Waals surface area contributed by atoms with E-state index in [9.17, 15) is 9.90 Å². The summed E-state index contributed by atoms with van der Waals surface area (Å²) in [5, 5.41) is 26.3. The van der Waals surface area contributed by atoms with Gasteiger partial charge < -0.3 is 10.0 Å². The first-order chi connectivity index (χ1) is 10.2. The van der Waals surface area contributed by atoms with Gasteiger partial charge in [0.2, 0.25) is 0 Å². The topological polar surface area (TPSA) is 94.2 Å². The molecule has 1 aromatic heterocycles. The molecule has 0 radical (unpaired) electrons. The quantitative estimate of drug-likeness (QED) is 0.894. The molecule has 2 amide bonds. The average molecular weight is 305 g/mol. The molecule has 1 aliphatic rings. The maximum atomic E-state index is 12.5. The Labute approximate surface area is 130 Å². The molecule has 7 heteroatoms. The highest BCUT2D eigenvalue weighted by atomic mass is 16.3. The van der Waals surface area contributed by atoms with E-state index in [0.29, 0.717) is 12.1 Å². The molecule has 1 aromatic rings. The molecule has 0 aromatic carbocycles. The monoisotopic (exact) mass is 305 g/mol. The minimum absolute atomic E-state index is 0.105. The van der Waals surface area contributed by atoms with Crippen molar-refractivity contribution in [3.8, 4) is 6.07 Å². The molecule has 2 heterocycles. The molecule has 1 saturated heterocycles. The minimum atomic E-state index is -0.955. The van der Waals surface area contributed by atoms with Crippen molar-refractivity contribution in [3.63, 3.8) is 0 Å². The zero-order valence-electron chi connectivity index (χ0n) is 13.5. The van der Waals surface area contributed by atoms with Crippen LogP contribution >= 0.6 is 0 Å². The number of amides is 2. The van der Waals surface area contributed by atoms with E-state index in [1.165, 1.54) is 0 Å². The smallest absolute Gasteiger partial charge is 0.323 e. The first-order valence-electron chi connectivity index (χ1n) is 7.53. The average Bonchev–Trinajstić information content (AvgIpc) is 3.04. The predicted octanol–water partition coefficient (Wildman–Crippen LogP) is 2.10. The Kier molecular flexibility index (Phi) is 4.42. The lowest BCUT2D eigenvalue weighted by Gasteiger charge is -2.33. The van der Waals surface area contributed by atoms with E-state index in [1.807, 2.05) is 19.9 Å². The number of nitriles is 1. The Morgan fingerprint density at radius 1 is 1.59 bits per heavy atom. The number of carbonyl (C=O) groups is 1. The second kappa shape index (κ2) is 5.97. The van der Waals surface area contributed by atoms with Crippen LogP contribution in [0.15, 0.2) is 6.20 Å². The summed E-state index contributed by atoms with van der Waals surface area (Å²) in [6.07, 6.45) is 3.24. The summed E-state index contributed by atoms with van der Waals surface area (Å²) in [5.74, 6) is 0.266. The van der Waals surface area contributed by atoms with Crippen molar-refractivity contribution in [2.45, 2.75) is 58.2 Å². The Hall–Kier alpha value is -2.07. The van der Waals surface area contributed by atoms with Gasteiger partial charge in [-0.05, 0) is 40.5 Å². The molecule has 1 atom stereocenters. The fourth-order valence-electron chi connectivity index (χ4n) is 2.75. The Bertz CT molecular complexity index is 594. The molecule has 120 valence electrons. The van der Waals surface area contributed by atoms with Crippen LogP contribution in [0, 0.1) is 11.3 Å². The third-order valence-electron chi connectivity index (χ3n) is 3.94. The molecular formula is C15H23N5O2. The highest BCUT2D eigenvalue weighted by Crippen LogP contribution is 2.27. The Morgan fingerprint density at radius 2 is 2.27 bits per heavy atom. The van der Waals surface area contributed by atoms with Crippen molar-refractivity contribution in [2.24, 2.45) is 0 Å². The number of hydrogen-bond acceptors (Lipinski definition) is 4. The van der Waals surface area contributed by atoms with Gasteiger partial charge in [-0.2, -0.15) is 10.4 Å². The number of aliphatic hydroxyl groups is 1. The number of rotatable bonds is 3. The fraction of sp³-hybridized carbons (Fsp3) is 0.667. The van der Waals surface area contributed by atoms with E-state index in [-0.39, 0.29) is 23.9 Å². The Morgan fingerprint density at radius 3 is 2.82 bits per heavy atom. The summed E-state index contributed by atoms with van der Waals surface area (Å²) in [5.41, 5.74) is -0.621. The molecular weight excluding hydrogens is 282 g/mol. The van der Waals surface area contributed by atoms with Crippen LogP contribution < -0.4 is 5.32 Å². The lowest BCUT2D eigenvalue weighted by atomic mass is 9.97. The molecule has 1 aliphatic heterocycles. The van der Waals surface area contributed by atoms with Gasteiger partial charge in [-0.15, -0.1) is 0 Å². The number of nitrogens with zero attached hydrogens (tertiary/aromatic N) is 4. The molecule has 0 saturated carbocycles. The van der Waals surface area contributed by atoms with Crippen LogP contribution in [-0.4, -0.2) is 44.0 Å². The number of carbonyl (C=O) groups excluding carboxylic acids is 1. The number of urea groups is 1. The van der Waals surface area contributed by atoms with E-state index in [2.05, 4.69) is 10.4 Å². The van der Waals surface area contributed by atoms with Crippen molar-refractivity contribution in [1.29, 1.82) is 5.26 Å². The van der Waals surface area contributed by atoms with Crippen molar-refractivity contribution in [1.82, 2.24) is 14.7 Å². The zero-order valence-corrected chi connectivity index (χ0v) is 13.5. The third-order valence-corrected chi connectivity index (χ3v) is 3.94. The number of anilines is 1. The van der Waals surface area contributed by atoms with Crippen molar-refractivity contribution < 1.29 is 9.90 Å². The molecule has 0 bridgehead atoms. The number of nitrogens with one attached hydrogen (secondary N) is 1. The van der Waals surface area contributed by atoms with E-state index >= 15 is 0 Å². The van der Waals surface area contributed by atoms with E-state index in [4.69, 9.17) is 5.26 Å². The maximum absolute atomic E-state index is 12.5. The van der Waals surface area contributed by atoms with Crippen molar-refractivity contribution >= 4 is 11.8 Å². The van der Waals surface area contributed by atoms with Crippen LogP contribution in [0.5, 0.6) is 0 Å². The summed E-state index contributed by atoms with van der Waals surface area (Å²) >= 11 is 0. The standard InChI is InChI=1S/C15H23N5O2/c1-10(2)20-9-11(8-16)13(18-20)17-14(21)19-7-5-6-12(19)15(3,4)22/h9-10,12,22H,5-7H2,1-4H3,(H,17,18,21). The number of hydrogen-bond donors (Lipinski definition) is 2. The predicted molar refractivity (Wildman–Crippen MR) is 82.4 cm³/mol. The lowest BCUT2D eigenvalue weighted by molar-refractivity contribution is 0.0117. The maximum Gasteiger partial charge on any atom is 0.323 e. The second-order valence-corrected chi connectivity index (χ2v) is 6.51. The van der Waals surface area contributed by atoms with Gasteiger partial charge >= 0.3 is 6.03 Å². The molecule has 7 nitrogen and oxygen atoms in total. The van der Waals surface area contributed by atoms with E-state index < -0.39 is 5.60 Å². The first kappa shape index (κ1) is 16.3. The van der Waals surface area contributed by atoms with Crippen LogP contribution in [0.25, 0.3) is 0 Å². The van der Waals surface area contributed by atoms with Gasteiger partial charge in [-0.1, -0.05) is 0 Å². The normalized spacial score (nSPS) is 18.6. The molecule has 0 aliphatic carbocycles. The molecule has 2 rings (SSSR count). The fourth-order valence-corrected chi connectivity index (χ4v) is 2.75. The van der Waals surface area contributed by atoms with Gasteiger partial charge in [0.15, 0.2) is 5.82 Å². The van der Waals surface area contributed by atoms with E-state index in [0.717, 1.165) is 12.8 Å². The molecule has 2 N–H and O–H groups in total. The molecule has 1 unspecified atom stereocenters. The first-order valence-corrected chi connectivity index (χ1v) is 7.53. The van der Waals surface area contributed by atoms with Gasteiger partial charge in [0.1, 0.15) is 11.6 Å². The van der Waals surface area contributed by atoms with Gasteiger partial charge in [0.05, 0.1) is 11.6 Å². The SMILES string of the molecule is CC(C)n1cc(C#N)c(NC(=O)N2CCCC2C(C)(C)O)n1. The number of likely N-dealkylation sites (tertiary alicyclic amines) is 1. The summed E-state index contributed by atoms with van der Waals surface area (Å²) in [7, 11) is 0.